The van der Waals surface area contributed by atoms with E-state index in [4.69, 9.17) is 4.74 Å². The second kappa shape index (κ2) is 5.73. The summed E-state index contributed by atoms with van der Waals surface area (Å²) >= 11 is 3.36. The number of carbonyl (C=O) groups is 1. The molecule has 1 amide bonds. The van der Waals surface area contributed by atoms with Gasteiger partial charge in [-0.2, -0.15) is 0 Å². The number of likely N-dealkylation sites (tertiary alicyclic amines) is 1. The zero-order valence-electron chi connectivity index (χ0n) is 14.8. The Morgan fingerprint density at radius 3 is 2.38 bits per heavy atom. The summed E-state index contributed by atoms with van der Waals surface area (Å²) in [6.45, 7) is 7.03. The Morgan fingerprint density at radius 2 is 1.92 bits per heavy atom. The highest BCUT2D eigenvalue weighted by atomic mass is 79.9. The summed E-state index contributed by atoms with van der Waals surface area (Å²) < 4.78 is 8.07. The van der Waals surface area contributed by atoms with Crippen molar-refractivity contribution in [2.24, 2.45) is 12.5 Å². The molecule has 6 nitrogen and oxygen atoms in total. The number of ether oxygens (including phenoxy) is 1. The van der Waals surface area contributed by atoms with Gasteiger partial charge in [-0.25, -0.2) is 9.78 Å². The first-order valence-corrected chi connectivity index (χ1v) is 9.21. The summed E-state index contributed by atoms with van der Waals surface area (Å²) in [5.74, 6) is 0.717. The molecule has 0 radical (unpaired) electrons. The standard InChI is InChI=1S/C17H26BrN3O3/c1-15(2,3)24-14(22)21-7-5-16(6-8-21)10-17(23,11-16)13-19-12(18)9-20(13)4/h9,23H,5-8,10-11H2,1-4H3. The molecule has 1 saturated heterocycles. The summed E-state index contributed by atoms with van der Waals surface area (Å²) in [6, 6.07) is 0. The molecule has 1 aliphatic carbocycles. The molecule has 2 aliphatic rings. The van der Waals surface area contributed by atoms with Gasteiger partial charge in [-0.3, -0.25) is 0 Å². The van der Waals surface area contributed by atoms with Crippen LogP contribution in [-0.4, -0.2) is 44.3 Å². The number of amides is 1. The van der Waals surface area contributed by atoms with Crippen LogP contribution in [0, 0.1) is 5.41 Å². The molecule has 1 spiro atoms. The SMILES string of the molecule is Cn1cc(Br)nc1C1(O)CC2(CCN(C(=O)OC(C)(C)C)CC2)C1. The van der Waals surface area contributed by atoms with Gasteiger partial charge >= 0.3 is 6.09 Å². The third-order valence-electron chi connectivity index (χ3n) is 5.07. The Kier molecular flexibility index (Phi) is 4.23. The summed E-state index contributed by atoms with van der Waals surface area (Å²) in [4.78, 5) is 18.4. The maximum Gasteiger partial charge on any atom is 0.410 e. The number of imidazole rings is 1. The molecule has 0 bridgehead atoms. The van der Waals surface area contributed by atoms with Crippen LogP contribution in [-0.2, 0) is 17.4 Å². The van der Waals surface area contributed by atoms with Crippen LogP contribution in [0.4, 0.5) is 4.79 Å². The van der Waals surface area contributed by atoms with Crippen molar-refractivity contribution in [2.45, 2.75) is 57.7 Å². The Balaban J connectivity index is 1.59. The topological polar surface area (TPSA) is 67.6 Å². The smallest absolute Gasteiger partial charge is 0.410 e. The largest absolute Gasteiger partial charge is 0.444 e. The van der Waals surface area contributed by atoms with E-state index in [1.807, 2.05) is 38.6 Å². The molecule has 0 aromatic carbocycles. The molecular weight excluding hydrogens is 374 g/mol. The molecule has 2 fully saturated rings. The number of rotatable bonds is 1. The molecule has 24 heavy (non-hydrogen) atoms. The fourth-order valence-electron chi connectivity index (χ4n) is 4.05. The Bertz CT molecular complexity index is 634. The Morgan fingerprint density at radius 1 is 1.33 bits per heavy atom. The summed E-state index contributed by atoms with van der Waals surface area (Å²) in [5.41, 5.74) is -1.20. The summed E-state index contributed by atoms with van der Waals surface area (Å²) in [5, 5.41) is 10.9. The number of aromatic nitrogens is 2. The first-order chi connectivity index (χ1) is 11.0. The van der Waals surface area contributed by atoms with Crippen LogP contribution >= 0.6 is 15.9 Å². The number of piperidine rings is 1. The zero-order valence-corrected chi connectivity index (χ0v) is 16.4. The van der Waals surface area contributed by atoms with Crippen molar-refractivity contribution < 1.29 is 14.6 Å². The van der Waals surface area contributed by atoms with E-state index in [0.717, 1.165) is 23.3 Å². The van der Waals surface area contributed by atoms with E-state index in [2.05, 4.69) is 20.9 Å². The van der Waals surface area contributed by atoms with Crippen molar-refractivity contribution in [3.8, 4) is 0 Å². The lowest BCUT2D eigenvalue weighted by Crippen LogP contribution is -2.56. The summed E-state index contributed by atoms with van der Waals surface area (Å²) in [6.07, 6.45) is 4.85. The van der Waals surface area contributed by atoms with Gasteiger partial charge in [0, 0.05) is 26.3 Å². The predicted octanol–water partition coefficient (Wildman–Crippen LogP) is 3.18. The Labute approximate surface area is 151 Å². The van der Waals surface area contributed by atoms with Gasteiger partial charge < -0.3 is 19.3 Å². The van der Waals surface area contributed by atoms with Gasteiger partial charge in [-0.15, -0.1) is 0 Å². The fourth-order valence-corrected chi connectivity index (χ4v) is 4.53. The van der Waals surface area contributed by atoms with Crippen LogP contribution in [0.1, 0.15) is 52.3 Å². The Hall–Kier alpha value is -1.08. The quantitative estimate of drug-likeness (QED) is 0.787. The van der Waals surface area contributed by atoms with Gasteiger partial charge in [0.25, 0.3) is 0 Å². The van der Waals surface area contributed by atoms with Gasteiger partial charge in [-0.05, 0) is 67.8 Å². The molecular formula is C17H26BrN3O3. The highest BCUT2D eigenvalue weighted by Crippen LogP contribution is 2.58. The van der Waals surface area contributed by atoms with Crippen LogP contribution in [0.2, 0.25) is 0 Å². The van der Waals surface area contributed by atoms with Gasteiger partial charge in [0.2, 0.25) is 0 Å². The van der Waals surface area contributed by atoms with Crippen LogP contribution < -0.4 is 0 Å². The van der Waals surface area contributed by atoms with Crippen molar-refractivity contribution in [2.75, 3.05) is 13.1 Å². The molecule has 1 aliphatic heterocycles. The van der Waals surface area contributed by atoms with E-state index in [-0.39, 0.29) is 11.5 Å². The molecule has 3 rings (SSSR count). The number of aryl methyl sites for hydroxylation is 1. The van der Waals surface area contributed by atoms with Gasteiger partial charge in [0.15, 0.2) is 0 Å². The minimum atomic E-state index is -0.852. The van der Waals surface area contributed by atoms with Gasteiger partial charge in [-0.1, -0.05) is 0 Å². The van der Waals surface area contributed by atoms with Crippen molar-refractivity contribution in [3.63, 3.8) is 0 Å². The van der Waals surface area contributed by atoms with E-state index >= 15 is 0 Å². The van der Waals surface area contributed by atoms with Crippen molar-refractivity contribution >= 4 is 22.0 Å². The van der Waals surface area contributed by atoms with Crippen molar-refractivity contribution in [1.29, 1.82) is 0 Å². The third-order valence-corrected chi connectivity index (χ3v) is 5.46. The highest BCUT2D eigenvalue weighted by molar-refractivity contribution is 9.10. The van der Waals surface area contributed by atoms with Crippen molar-refractivity contribution in [3.05, 3.63) is 16.6 Å². The molecule has 1 N–H and O–H groups in total. The van der Waals surface area contributed by atoms with E-state index in [1.165, 1.54) is 0 Å². The second-order valence-corrected chi connectivity index (χ2v) is 9.16. The monoisotopic (exact) mass is 399 g/mol. The normalized spacial score (nSPS) is 22.3. The molecule has 2 heterocycles. The number of halogens is 1. The maximum atomic E-state index is 12.2. The minimum absolute atomic E-state index is 0.117. The highest BCUT2D eigenvalue weighted by Gasteiger charge is 2.57. The first-order valence-electron chi connectivity index (χ1n) is 8.42. The van der Waals surface area contributed by atoms with Gasteiger partial charge in [0.1, 0.15) is 21.6 Å². The van der Waals surface area contributed by atoms with Crippen LogP contribution in [0.25, 0.3) is 0 Å². The van der Waals surface area contributed by atoms with E-state index in [0.29, 0.717) is 25.9 Å². The van der Waals surface area contributed by atoms with E-state index in [1.54, 1.807) is 4.90 Å². The van der Waals surface area contributed by atoms with Crippen LogP contribution in [0.15, 0.2) is 10.8 Å². The first kappa shape index (κ1) is 17.7. The van der Waals surface area contributed by atoms with E-state index < -0.39 is 11.2 Å². The second-order valence-electron chi connectivity index (χ2n) is 8.35. The molecule has 0 unspecified atom stereocenters. The van der Waals surface area contributed by atoms with Crippen LogP contribution in [0.5, 0.6) is 0 Å². The maximum absolute atomic E-state index is 12.2. The molecule has 1 saturated carbocycles. The summed E-state index contributed by atoms with van der Waals surface area (Å²) in [7, 11) is 1.90. The lowest BCUT2D eigenvalue weighted by molar-refractivity contribution is -0.160. The van der Waals surface area contributed by atoms with Gasteiger partial charge in [0.05, 0.1) is 0 Å². The number of carbonyl (C=O) groups excluding carboxylic acids is 1. The number of hydrogen-bond donors (Lipinski definition) is 1. The molecule has 7 heteroatoms. The molecule has 134 valence electrons. The average molecular weight is 400 g/mol. The average Bonchev–Trinajstić information content (AvgIpc) is 2.75. The molecule has 1 aromatic heterocycles. The third kappa shape index (κ3) is 3.33. The zero-order chi connectivity index (χ0) is 17.8. The van der Waals surface area contributed by atoms with Crippen molar-refractivity contribution in [1.82, 2.24) is 14.5 Å². The molecule has 0 atom stereocenters. The van der Waals surface area contributed by atoms with E-state index in [9.17, 15) is 9.90 Å². The number of nitrogens with zero attached hydrogens (tertiary/aromatic N) is 3. The lowest BCUT2D eigenvalue weighted by Gasteiger charge is -2.56. The molecule has 1 aromatic rings. The number of aliphatic hydroxyl groups is 1. The number of hydrogen-bond acceptors (Lipinski definition) is 4. The van der Waals surface area contributed by atoms with Crippen LogP contribution in [0.3, 0.4) is 0 Å². The minimum Gasteiger partial charge on any atom is -0.444 e. The lowest BCUT2D eigenvalue weighted by atomic mass is 9.55. The fraction of sp³-hybridized carbons (Fsp3) is 0.765. The predicted molar refractivity (Wildman–Crippen MR) is 93.5 cm³/mol.